The van der Waals surface area contributed by atoms with E-state index in [4.69, 9.17) is 10.5 Å². The van der Waals surface area contributed by atoms with Crippen LogP contribution in [0.4, 0.5) is 11.6 Å². The van der Waals surface area contributed by atoms with E-state index in [9.17, 15) is 4.79 Å². The Morgan fingerprint density at radius 3 is 2.89 bits per heavy atom. The molecule has 1 fully saturated rings. The monoisotopic (exact) mass is 375 g/mol. The average molecular weight is 376 g/mol. The van der Waals surface area contributed by atoms with Crippen LogP contribution in [0.15, 0.2) is 0 Å². The summed E-state index contributed by atoms with van der Waals surface area (Å²) < 4.78 is 5.82. The van der Waals surface area contributed by atoms with Crippen molar-refractivity contribution in [2.45, 2.75) is 65.4 Å². The maximum absolute atomic E-state index is 12.6. The van der Waals surface area contributed by atoms with E-state index < -0.39 is 0 Å². The lowest BCUT2D eigenvalue weighted by Crippen LogP contribution is -2.37. The number of hydrogen-bond acceptors (Lipinski definition) is 6. The van der Waals surface area contributed by atoms with Gasteiger partial charge in [0, 0.05) is 18.7 Å². The normalized spacial score (nSPS) is 21.4. The standard InChI is InChI=1S/C20H33N5O2/c1-4-7-14(3)27-20-22-18(21)16-12-17(26)25(19(16)23-20)11-9-15-8-6-10-24(5-2)13-15/h14-15H,4-13H2,1-3H3,(H2,21,22,23)/t14-,15?/m0/s1. The number of nitrogens with zero attached hydrogens (tertiary/aromatic N) is 4. The van der Waals surface area contributed by atoms with E-state index in [0.717, 1.165) is 37.9 Å². The van der Waals surface area contributed by atoms with Gasteiger partial charge in [-0.3, -0.25) is 9.69 Å². The molecule has 1 amide bonds. The molecule has 0 radical (unpaired) electrons. The highest BCUT2D eigenvalue weighted by Gasteiger charge is 2.33. The van der Waals surface area contributed by atoms with Gasteiger partial charge in [-0.1, -0.05) is 20.3 Å². The van der Waals surface area contributed by atoms with Gasteiger partial charge in [0.25, 0.3) is 0 Å². The fraction of sp³-hybridized carbons (Fsp3) is 0.750. The van der Waals surface area contributed by atoms with Crippen LogP contribution < -0.4 is 15.4 Å². The first-order chi connectivity index (χ1) is 13.0. The van der Waals surface area contributed by atoms with E-state index >= 15 is 0 Å². The Labute approximate surface area is 162 Å². The summed E-state index contributed by atoms with van der Waals surface area (Å²) in [4.78, 5) is 25.7. The second-order valence-corrected chi connectivity index (χ2v) is 7.82. The molecule has 3 rings (SSSR count). The largest absolute Gasteiger partial charge is 0.460 e. The molecular formula is C20H33N5O2. The number of nitrogens with two attached hydrogens (primary N) is 1. The number of nitrogen functional groups attached to an aromatic ring is 1. The lowest BCUT2D eigenvalue weighted by Gasteiger charge is -2.32. The molecule has 3 heterocycles. The summed E-state index contributed by atoms with van der Waals surface area (Å²) in [5.74, 6) is 1.71. The lowest BCUT2D eigenvalue weighted by atomic mass is 9.94. The number of fused-ring (bicyclic) bond motifs is 1. The zero-order valence-corrected chi connectivity index (χ0v) is 16.9. The SMILES string of the molecule is CCC[C@H](C)Oc1nc(N)c2c(n1)N(CCC1CCCN(CC)C1)C(=O)C2. The number of likely N-dealkylation sites (tertiary alicyclic amines) is 1. The van der Waals surface area contributed by atoms with Gasteiger partial charge in [-0.15, -0.1) is 0 Å². The summed E-state index contributed by atoms with van der Waals surface area (Å²) >= 11 is 0. The van der Waals surface area contributed by atoms with Gasteiger partial charge in [0.15, 0.2) is 0 Å². The smallest absolute Gasteiger partial charge is 0.320 e. The van der Waals surface area contributed by atoms with Gasteiger partial charge < -0.3 is 15.4 Å². The highest BCUT2D eigenvalue weighted by atomic mass is 16.5. The summed E-state index contributed by atoms with van der Waals surface area (Å²) in [5.41, 5.74) is 6.85. The molecule has 0 aliphatic carbocycles. The molecule has 2 aliphatic rings. The van der Waals surface area contributed by atoms with Crippen LogP contribution in [0, 0.1) is 5.92 Å². The summed E-state index contributed by atoms with van der Waals surface area (Å²) in [7, 11) is 0. The molecule has 0 spiro atoms. The molecule has 27 heavy (non-hydrogen) atoms. The third-order valence-corrected chi connectivity index (χ3v) is 5.69. The van der Waals surface area contributed by atoms with Crippen molar-refractivity contribution in [3.63, 3.8) is 0 Å². The van der Waals surface area contributed by atoms with Crippen molar-refractivity contribution < 1.29 is 9.53 Å². The summed E-state index contributed by atoms with van der Waals surface area (Å²) in [6, 6.07) is 0.279. The fourth-order valence-electron chi connectivity index (χ4n) is 4.14. The Morgan fingerprint density at radius 1 is 1.33 bits per heavy atom. The summed E-state index contributed by atoms with van der Waals surface area (Å²) in [5, 5.41) is 0. The first kappa shape index (κ1) is 19.9. The van der Waals surface area contributed by atoms with E-state index in [1.54, 1.807) is 4.90 Å². The molecule has 150 valence electrons. The number of rotatable bonds is 8. The molecule has 0 bridgehead atoms. The van der Waals surface area contributed by atoms with E-state index in [1.165, 1.54) is 19.4 Å². The van der Waals surface area contributed by atoms with Gasteiger partial charge in [0.2, 0.25) is 5.91 Å². The van der Waals surface area contributed by atoms with Crippen LogP contribution in [0.3, 0.4) is 0 Å². The van der Waals surface area contributed by atoms with Crippen LogP contribution in [0.2, 0.25) is 0 Å². The summed E-state index contributed by atoms with van der Waals surface area (Å²) in [6.07, 6.45) is 5.75. The number of carbonyl (C=O) groups excluding carboxylic acids is 1. The van der Waals surface area contributed by atoms with Crippen LogP contribution in [0.1, 0.15) is 58.4 Å². The van der Waals surface area contributed by atoms with Crippen molar-refractivity contribution in [3.05, 3.63) is 5.56 Å². The quantitative estimate of drug-likeness (QED) is 0.752. The van der Waals surface area contributed by atoms with E-state index in [1.807, 2.05) is 6.92 Å². The van der Waals surface area contributed by atoms with Crippen molar-refractivity contribution in [2.24, 2.45) is 5.92 Å². The van der Waals surface area contributed by atoms with Crippen molar-refractivity contribution in [3.8, 4) is 6.01 Å². The number of aromatic nitrogens is 2. The van der Waals surface area contributed by atoms with Gasteiger partial charge >= 0.3 is 6.01 Å². The Morgan fingerprint density at radius 2 is 2.15 bits per heavy atom. The second-order valence-electron chi connectivity index (χ2n) is 7.82. The van der Waals surface area contributed by atoms with E-state index in [2.05, 4.69) is 28.7 Å². The first-order valence-electron chi connectivity index (χ1n) is 10.4. The van der Waals surface area contributed by atoms with Crippen LogP contribution in [0.25, 0.3) is 0 Å². The molecule has 0 aromatic carbocycles. The molecule has 1 aromatic heterocycles. The molecule has 2 atom stereocenters. The van der Waals surface area contributed by atoms with Crippen molar-refractivity contribution in [1.82, 2.24) is 14.9 Å². The maximum Gasteiger partial charge on any atom is 0.320 e. The minimum atomic E-state index is 0.0280. The van der Waals surface area contributed by atoms with E-state index in [-0.39, 0.29) is 24.4 Å². The van der Waals surface area contributed by atoms with Crippen LogP contribution in [-0.4, -0.2) is 53.1 Å². The molecular weight excluding hydrogens is 342 g/mol. The van der Waals surface area contributed by atoms with Crippen LogP contribution in [0.5, 0.6) is 6.01 Å². The fourth-order valence-corrected chi connectivity index (χ4v) is 4.14. The molecule has 0 saturated carbocycles. The van der Waals surface area contributed by atoms with Crippen LogP contribution in [-0.2, 0) is 11.2 Å². The highest BCUT2D eigenvalue weighted by molar-refractivity contribution is 6.01. The number of piperidine rings is 1. The number of anilines is 2. The van der Waals surface area contributed by atoms with Crippen molar-refractivity contribution in [1.29, 1.82) is 0 Å². The Bertz CT molecular complexity index is 666. The van der Waals surface area contributed by atoms with Gasteiger partial charge in [-0.25, -0.2) is 0 Å². The second kappa shape index (κ2) is 8.87. The average Bonchev–Trinajstić information content (AvgIpc) is 2.96. The maximum atomic E-state index is 12.6. The van der Waals surface area contributed by atoms with Gasteiger partial charge in [-0.2, -0.15) is 9.97 Å². The van der Waals surface area contributed by atoms with Gasteiger partial charge in [-0.05, 0) is 51.6 Å². The number of hydrogen-bond donors (Lipinski definition) is 1. The van der Waals surface area contributed by atoms with Crippen molar-refractivity contribution >= 4 is 17.5 Å². The number of carbonyl (C=O) groups is 1. The molecule has 2 N–H and O–H groups in total. The third kappa shape index (κ3) is 4.69. The molecule has 1 saturated heterocycles. The molecule has 2 aliphatic heterocycles. The predicted molar refractivity (Wildman–Crippen MR) is 107 cm³/mol. The topological polar surface area (TPSA) is 84.6 Å². The van der Waals surface area contributed by atoms with Crippen LogP contribution >= 0.6 is 0 Å². The van der Waals surface area contributed by atoms with Gasteiger partial charge in [0.1, 0.15) is 11.6 Å². The molecule has 1 unspecified atom stereocenters. The van der Waals surface area contributed by atoms with Crippen molar-refractivity contribution in [2.75, 3.05) is 36.8 Å². The molecule has 7 nitrogen and oxygen atoms in total. The predicted octanol–water partition coefficient (Wildman–Crippen LogP) is 2.64. The van der Waals surface area contributed by atoms with Gasteiger partial charge in [0.05, 0.1) is 12.5 Å². The number of amides is 1. The first-order valence-corrected chi connectivity index (χ1v) is 10.4. The third-order valence-electron chi connectivity index (χ3n) is 5.69. The lowest BCUT2D eigenvalue weighted by molar-refractivity contribution is -0.117. The Kier molecular flexibility index (Phi) is 6.52. The molecule has 1 aromatic rings. The minimum Gasteiger partial charge on any atom is -0.460 e. The number of ether oxygens (including phenoxy) is 1. The Balaban J connectivity index is 1.69. The Hall–Kier alpha value is -1.89. The zero-order valence-electron chi connectivity index (χ0n) is 16.9. The van der Waals surface area contributed by atoms with E-state index in [0.29, 0.717) is 24.1 Å². The minimum absolute atomic E-state index is 0.0280. The zero-order chi connectivity index (χ0) is 19.4. The highest BCUT2D eigenvalue weighted by Crippen LogP contribution is 2.33. The molecule has 7 heteroatoms. The summed E-state index contributed by atoms with van der Waals surface area (Å²) in [6.45, 7) is 10.4.